The number of halogens is 2. The van der Waals surface area contributed by atoms with E-state index < -0.39 is 0 Å². The molecule has 0 atom stereocenters. The normalized spacial score (nSPS) is 10.4. The lowest BCUT2D eigenvalue weighted by atomic mass is 10.2. The van der Waals surface area contributed by atoms with Gasteiger partial charge in [0.25, 0.3) is 0 Å². The van der Waals surface area contributed by atoms with Crippen molar-refractivity contribution in [3.63, 3.8) is 0 Å². The Labute approximate surface area is 98.9 Å². The summed E-state index contributed by atoms with van der Waals surface area (Å²) in [5.41, 5.74) is 7.27. The summed E-state index contributed by atoms with van der Waals surface area (Å²) in [6.45, 7) is 0. The van der Waals surface area contributed by atoms with E-state index in [1.807, 2.05) is 23.6 Å². The number of hydrogen-bond acceptors (Lipinski definition) is 3. The molecule has 0 fully saturated rings. The van der Waals surface area contributed by atoms with Gasteiger partial charge in [-0.25, -0.2) is 4.98 Å². The second kappa shape index (κ2) is 3.88. The summed E-state index contributed by atoms with van der Waals surface area (Å²) < 4.78 is 0.975. The van der Waals surface area contributed by atoms with Crippen LogP contribution < -0.4 is 5.73 Å². The van der Waals surface area contributed by atoms with Gasteiger partial charge in [0, 0.05) is 15.4 Å². The van der Waals surface area contributed by atoms with Crippen LogP contribution in [-0.2, 0) is 0 Å². The maximum absolute atomic E-state index is 6.04. The molecule has 1 heterocycles. The number of nitrogen functional groups attached to an aromatic ring is 1. The number of thiazole rings is 1. The molecule has 1 aromatic carbocycles. The smallest absolute Gasteiger partial charge is 0.180 e. The van der Waals surface area contributed by atoms with E-state index >= 15 is 0 Å². The summed E-state index contributed by atoms with van der Waals surface area (Å²) in [6.07, 6.45) is 0. The third-order valence-corrected chi connectivity index (χ3v) is 3.22. The Balaban J connectivity index is 2.55. The highest BCUT2D eigenvalue weighted by Crippen LogP contribution is 2.31. The van der Waals surface area contributed by atoms with Gasteiger partial charge in [-0.05, 0) is 18.2 Å². The van der Waals surface area contributed by atoms with Gasteiger partial charge < -0.3 is 5.73 Å². The van der Waals surface area contributed by atoms with Crippen LogP contribution in [0.15, 0.2) is 28.1 Å². The van der Waals surface area contributed by atoms with Crippen LogP contribution in [0.1, 0.15) is 0 Å². The highest BCUT2D eigenvalue weighted by Gasteiger charge is 2.07. The van der Waals surface area contributed by atoms with Crippen molar-refractivity contribution in [2.75, 3.05) is 5.73 Å². The first-order valence-corrected chi connectivity index (χ1v) is 5.88. The summed E-state index contributed by atoms with van der Waals surface area (Å²) in [7, 11) is 0. The van der Waals surface area contributed by atoms with E-state index in [0.29, 0.717) is 10.2 Å². The van der Waals surface area contributed by atoms with Gasteiger partial charge in [0.2, 0.25) is 0 Å². The molecule has 5 heteroatoms. The minimum absolute atomic E-state index is 0.552. The Kier molecular flexibility index (Phi) is 2.76. The molecular weight excluding hydrogens is 284 g/mol. The molecule has 14 heavy (non-hydrogen) atoms. The molecule has 0 amide bonds. The van der Waals surface area contributed by atoms with Gasteiger partial charge in [-0.2, -0.15) is 0 Å². The molecular formula is C9H6BrClN2S. The Morgan fingerprint density at radius 3 is 2.86 bits per heavy atom. The monoisotopic (exact) mass is 288 g/mol. The number of hydrogen-bond donors (Lipinski definition) is 1. The molecule has 0 aliphatic heterocycles. The molecule has 2 N–H and O–H groups in total. The van der Waals surface area contributed by atoms with Gasteiger partial charge in [-0.3, -0.25) is 0 Å². The van der Waals surface area contributed by atoms with Gasteiger partial charge in [-0.1, -0.05) is 27.5 Å². The zero-order valence-corrected chi connectivity index (χ0v) is 10.2. The Morgan fingerprint density at radius 1 is 1.43 bits per heavy atom. The van der Waals surface area contributed by atoms with Crippen LogP contribution in [0.4, 0.5) is 5.13 Å². The molecule has 0 aliphatic carbocycles. The van der Waals surface area contributed by atoms with Gasteiger partial charge in [0.05, 0.1) is 10.7 Å². The van der Waals surface area contributed by atoms with Crippen LogP contribution in [0.5, 0.6) is 0 Å². The molecule has 0 radical (unpaired) electrons. The third-order valence-electron chi connectivity index (χ3n) is 1.73. The summed E-state index contributed by atoms with van der Waals surface area (Å²) in [4.78, 5) is 4.17. The molecule has 1 aromatic heterocycles. The number of aromatic nitrogens is 1. The van der Waals surface area contributed by atoms with Gasteiger partial charge in [-0.15, -0.1) is 11.3 Å². The van der Waals surface area contributed by atoms with Crippen LogP contribution in [0, 0.1) is 0 Å². The molecule has 0 saturated carbocycles. The van der Waals surface area contributed by atoms with Crippen LogP contribution in [0.2, 0.25) is 5.02 Å². The van der Waals surface area contributed by atoms with Gasteiger partial charge in [0.15, 0.2) is 5.13 Å². The Bertz CT molecular complexity index is 470. The van der Waals surface area contributed by atoms with E-state index in [1.165, 1.54) is 11.3 Å². The molecule has 2 rings (SSSR count). The number of benzene rings is 1. The average molecular weight is 290 g/mol. The van der Waals surface area contributed by atoms with Crippen molar-refractivity contribution in [3.05, 3.63) is 33.1 Å². The minimum Gasteiger partial charge on any atom is -0.375 e. The third kappa shape index (κ3) is 1.92. The van der Waals surface area contributed by atoms with Crippen LogP contribution in [0.25, 0.3) is 11.3 Å². The van der Waals surface area contributed by atoms with Crippen molar-refractivity contribution in [1.29, 1.82) is 0 Å². The summed E-state index contributed by atoms with van der Waals surface area (Å²) in [5, 5.41) is 3.12. The SMILES string of the molecule is Nc1nc(-c2cc(Br)ccc2Cl)cs1. The second-order valence-electron chi connectivity index (χ2n) is 2.70. The van der Waals surface area contributed by atoms with E-state index in [0.717, 1.165) is 15.7 Å². The van der Waals surface area contributed by atoms with E-state index in [1.54, 1.807) is 0 Å². The quantitative estimate of drug-likeness (QED) is 0.867. The highest BCUT2D eigenvalue weighted by molar-refractivity contribution is 9.10. The number of anilines is 1. The second-order valence-corrected chi connectivity index (χ2v) is 4.91. The predicted octanol–water partition coefficient (Wildman–Crippen LogP) is 3.81. The molecule has 0 saturated heterocycles. The first-order chi connectivity index (χ1) is 6.66. The zero-order valence-electron chi connectivity index (χ0n) is 7.00. The maximum atomic E-state index is 6.04. The van der Waals surface area contributed by atoms with E-state index in [-0.39, 0.29) is 0 Å². The van der Waals surface area contributed by atoms with Crippen molar-refractivity contribution in [1.82, 2.24) is 4.98 Å². The van der Waals surface area contributed by atoms with Crippen LogP contribution >= 0.6 is 38.9 Å². The molecule has 0 spiro atoms. The molecule has 2 nitrogen and oxygen atoms in total. The lowest BCUT2D eigenvalue weighted by Crippen LogP contribution is -1.83. The molecule has 2 aromatic rings. The van der Waals surface area contributed by atoms with Crippen LogP contribution in [-0.4, -0.2) is 4.98 Å². The van der Waals surface area contributed by atoms with Crippen LogP contribution in [0.3, 0.4) is 0 Å². The number of rotatable bonds is 1. The molecule has 0 unspecified atom stereocenters. The lowest BCUT2D eigenvalue weighted by molar-refractivity contribution is 1.41. The topological polar surface area (TPSA) is 38.9 Å². The fourth-order valence-electron chi connectivity index (χ4n) is 1.11. The molecule has 0 bridgehead atoms. The fraction of sp³-hybridized carbons (Fsp3) is 0. The van der Waals surface area contributed by atoms with Crippen molar-refractivity contribution in [2.24, 2.45) is 0 Å². The zero-order chi connectivity index (χ0) is 10.1. The van der Waals surface area contributed by atoms with Crippen molar-refractivity contribution >= 4 is 44.0 Å². The fourth-order valence-corrected chi connectivity index (χ4v) is 2.24. The summed E-state index contributed by atoms with van der Waals surface area (Å²) in [6, 6.07) is 5.65. The van der Waals surface area contributed by atoms with E-state index in [4.69, 9.17) is 17.3 Å². The van der Waals surface area contributed by atoms with Gasteiger partial charge >= 0.3 is 0 Å². The summed E-state index contributed by atoms with van der Waals surface area (Å²) >= 11 is 10.8. The highest BCUT2D eigenvalue weighted by atomic mass is 79.9. The van der Waals surface area contributed by atoms with Crippen molar-refractivity contribution in [3.8, 4) is 11.3 Å². The predicted molar refractivity (Wildman–Crippen MR) is 64.7 cm³/mol. The Morgan fingerprint density at radius 2 is 2.21 bits per heavy atom. The number of nitrogens with two attached hydrogens (primary N) is 1. The van der Waals surface area contributed by atoms with E-state index in [9.17, 15) is 0 Å². The van der Waals surface area contributed by atoms with Gasteiger partial charge in [0.1, 0.15) is 0 Å². The maximum Gasteiger partial charge on any atom is 0.180 e. The molecule has 0 aliphatic rings. The standard InChI is InChI=1S/C9H6BrClN2S/c10-5-1-2-7(11)6(3-5)8-4-14-9(12)13-8/h1-4H,(H2,12,13). The van der Waals surface area contributed by atoms with E-state index in [2.05, 4.69) is 20.9 Å². The van der Waals surface area contributed by atoms with Crippen molar-refractivity contribution in [2.45, 2.75) is 0 Å². The Hall–Kier alpha value is -0.580. The summed E-state index contributed by atoms with van der Waals surface area (Å²) in [5.74, 6) is 0. The minimum atomic E-state index is 0.552. The largest absolute Gasteiger partial charge is 0.375 e. The molecule has 72 valence electrons. The first-order valence-electron chi connectivity index (χ1n) is 3.83. The number of nitrogens with zero attached hydrogens (tertiary/aromatic N) is 1. The lowest BCUT2D eigenvalue weighted by Gasteiger charge is -2.00. The van der Waals surface area contributed by atoms with Crippen molar-refractivity contribution < 1.29 is 0 Å². The average Bonchev–Trinajstić information content (AvgIpc) is 2.56. The first kappa shape index (κ1) is 9.96.